The highest BCUT2D eigenvalue weighted by Gasteiger charge is 2.05. The smallest absolute Gasteiger partial charge is 0.224 e. The number of pyridine rings is 1. The lowest BCUT2D eigenvalue weighted by Gasteiger charge is -2.07. The van der Waals surface area contributed by atoms with Crippen LogP contribution in [0.15, 0.2) is 42.6 Å². The second-order valence-electron chi connectivity index (χ2n) is 4.37. The predicted octanol–water partition coefficient (Wildman–Crippen LogP) is 2.67. The Morgan fingerprint density at radius 2 is 2.16 bits per heavy atom. The fourth-order valence-corrected chi connectivity index (χ4v) is 1.74. The molecule has 1 aromatic heterocycles. The number of aromatic nitrogens is 1. The van der Waals surface area contributed by atoms with E-state index in [0.717, 1.165) is 11.3 Å². The minimum atomic E-state index is -0.0595. The molecule has 1 heterocycles. The minimum Gasteiger partial charge on any atom is -0.508 e. The van der Waals surface area contributed by atoms with E-state index in [0.29, 0.717) is 18.5 Å². The number of aryl methyl sites for hydroxylation is 2. The summed E-state index contributed by atoms with van der Waals surface area (Å²) in [5.74, 6) is 0.169. The average Bonchev–Trinajstić information content (AvgIpc) is 2.42. The molecule has 0 aliphatic rings. The van der Waals surface area contributed by atoms with Crippen LogP contribution in [0, 0.1) is 6.92 Å². The Hall–Kier alpha value is -2.36. The first kappa shape index (κ1) is 13.1. The fourth-order valence-electron chi connectivity index (χ4n) is 1.74. The van der Waals surface area contributed by atoms with Gasteiger partial charge in [-0.15, -0.1) is 0 Å². The summed E-state index contributed by atoms with van der Waals surface area (Å²) in [5, 5.41) is 12.2. The summed E-state index contributed by atoms with van der Waals surface area (Å²) in [4.78, 5) is 16.0. The molecule has 0 aliphatic carbocycles. The van der Waals surface area contributed by atoms with Crippen molar-refractivity contribution in [3.05, 3.63) is 53.9 Å². The molecule has 0 bridgehead atoms. The first-order chi connectivity index (χ1) is 9.15. The normalized spacial score (nSPS) is 10.2. The number of hydrogen-bond acceptors (Lipinski definition) is 3. The van der Waals surface area contributed by atoms with E-state index in [1.165, 1.54) is 0 Å². The zero-order valence-electron chi connectivity index (χ0n) is 10.8. The molecule has 4 nitrogen and oxygen atoms in total. The van der Waals surface area contributed by atoms with E-state index in [9.17, 15) is 9.90 Å². The molecule has 98 valence electrons. The van der Waals surface area contributed by atoms with Gasteiger partial charge in [-0.25, -0.2) is 0 Å². The van der Waals surface area contributed by atoms with Crippen LogP contribution in [0.3, 0.4) is 0 Å². The number of anilines is 1. The van der Waals surface area contributed by atoms with Crippen molar-refractivity contribution in [2.45, 2.75) is 19.8 Å². The summed E-state index contributed by atoms with van der Waals surface area (Å²) in [6, 6.07) is 10.7. The number of benzene rings is 1. The van der Waals surface area contributed by atoms with Gasteiger partial charge in [0, 0.05) is 24.0 Å². The van der Waals surface area contributed by atoms with E-state index in [4.69, 9.17) is 0 Å². The Labute approximate surface area is 112 Å². The second-order valence-corrected chi connectivity index (χ2v) is 4.37. The van der Waals surface area contributed by atoms with E-state index in [2.05, 4.69) is 10.3 Å². The number of carbonyl (C=O) groups is 1. The summed E-state index contributed by atoms with van der Waals surface area (Å²) >= 11 is 0. The van der Waals surface area contributed by atoms with Crippen LogP contribution in [0.5, 0.6) is 5.75 Å². The van der Waals surface area contributed by atoms with E-state index in [1.807, 2.05) is 18.2 Å². The van der Waals surface area contributed by atoms with Crippen molar-refractivity contribution in [1.82, 2.24) is 4.98 Å². The standard InChI is InChI=1S/C15H16N2O2/c1-11-10-13(5-7-14(11)18)17-15(19)8-6-12-4-2-3-9-16-12/h2-5,7,9-10,18H,6,8H2,1H3,(H,17,19). The zero-order valence-corrected chi connectivity index (χ0v) is 10.8. The largest absolute Gasteiger partial charge is 0.508 e. The van der Waals surface area contributed by atoms with Crippen molar-refractivity contribution in [1.29, 1.82) is 0 Å². The van der Waals surface area contributed by atoms with E-state index >= 15 is 0 Å². The molecule has 0 spiro atoms. The summed E-state index contributed by atoms with van der Waals surface area (Å²) in [5.41, 5.74) is 2.34. The van der Waals surface area contributed by atoms with Gasteiger partial charge in [0.25, 0.3) is 0 Å². The molecule has 0 atom stereocenters. The number of carbonyl (C=O) groups excluding carboxylic acids is 1. The van der Waals surface area contributed by atoms with Crippen molar-refractivity contribution in [2.24, 2.45) is 0 Å². The predicted molar refractivity (Wildman–Crippen MR) is 74.0 cm³/mol. The monoisotopic (exact) mass is 256 g/mol. The van der Waals surface area contributed by atoms with Crippen LogP contribution in [-0.2, 0) is 11.2 Å². The van der Waals surface area contributed by atoms with Crippen LogP contribution < -0.4 is 5.32 Å². The fraction of sp³-hybridized carbons (Fsp3) is 0.200. The maximum absolute atomic E-state index is 11.8. The van der Waals surface area contributed by atoms with Gasteiger partial charge < -0.3 is 10.4 Å². The number of nitrogens with one attached hydrogen (secondary N) is 1. The van der Waals surface area contributed by atoms with Crippen LogP contribution in [0.1, 0.15) is 17.7 Å². The molecule has 2 N–H and O–H groups in total. The molecule has 0 unspecified atom stereocenters. The topological polar surface area (TPSA) is 62.2 Å². The third kappa shape index (κ3) is 3.81. The van der Waals surface area contributed by atoms with Crippen molar-refractivity contribution in [2.75, 3.05) is 5.32 Å². The quantitative estimate of drug-likeness (QED) is 0.827. The number of rotatable bonds is 4. The lowest BCUT2D eigenvalue weighted by Crippen LogP contribution is -2.12. The molecule has 2 aromatic rings. The van der Waals surface area contributed by atoms with Crippen LogP contribution in [0.25, 0.3) is 0 Å². The second kappa shape index (κ2) is 6.00. The van der Waals surface area contributed by atoms with E-state index in [-0.39, 0.29) is 11.7 Å². The third-order valence-corrected chi connectivity index (χ3v) is 2.81. The number of aromatic hydroxyl groups is 1. The summed E-state index contributed by atoms with van der Waals surface area (Å²) in [6.07, 6.45) is 2.72. The van der Waals surface area contributed by atoms with Crippen molar-refractivity contribution in [3.63, 3.8) is 0 Å². The number of amides is 1. The first-order valence-electron chi connectivity index (χ1n) is 6.14. The van der Waals surface area contributed by atoms with Crippen LogP contribution in [-0.4, -0.2) is 16.0 Å². The molecule has 1 amide bonds. The molecule has 4 heteroatoms. The van der Waals surface area contributed by atoms with Crippen LogP contribution in [0.4, 0.5) is 5.69 Å². The molecule has 19 heavy (non-hydrogen) atoms. The molecule has 0 radical (unpaired) electrons. The maximum Gasteiger partial charge on any atom is 0.224 e. The van der Waals surface area contributed by atoms with E-state index in [1.54, 1.807) is 31.3 Å². The lowest BCUT2D eigenvalue weighted by molar-refractivity contribution is -0.116. The Balaban J connectivity index is 1.89. The number of nitrogens with zero attached hydrogens (tertiary/aromatic N) is 1. The van der Waals surface area contributed by atoms with Gasteiger partial charge in [0.1, 0.15) is 5.75 Å². The SMILES string of the molecule is Cc1cc(NC(=O)CCc2ccccn2)ccc1O. The third-order valence-electron chi connectivity index (χ3n) is 2.81. The van der Waals surface area contributed by atoms with Gasteiger partial charge in [0.2, 0.25) is 5.91 Å². The Bertz CT molecular complexity index is 568. The van der Waals surface area contributed by atoms with Crippen LogP contribution in [0.2, 0.25) is 0 Å². The Morgan fingerprint density at radius 1 is 1.32 bits per heavy atom. The Kier molecular flexibility index (Phi) is 4.13. The summed E-state index contributed by atoms with van der Waals surface area (Å²) in [6.45, 7) is 1.79. The summed E-state index contributed by atoms with van der Waals surface area (Å²) in [7, 11) is 0. The van der Waals surface area contributed by atoms with Crippen molar-refractivity contribution < 1.29 is 9.90 Å². The lowest BCUT2D eigenvalue weighted by atomic mass is 10.2. The zero-order chi connectivity index (χ0) is 13.7. The highest BCUT2D eigenvalue weighted by Crippen LogP contribution is 2.20. The van der Waals surface area contributed by atoms with Gasteiger partial charge in [-0.3, -0.25) is 9.78 Å². The Morgan fingerprint density at radius 3 is 2.84 bits per heavy atom. The molecule has 1 aromatic carbocycles. The molecule has 0 aliphatic heterocycles. The highest BCUT2D eigenvalue weighted by atomic mass is 16.3. The number of phenolic OH excluding ortho intramolecular Hbond substituents is 1. The van der Waals surface area contributed by atoms with Gasteiger partial charge in [-0.1, -0.05) is 6.07 Å². The van der Waals surface area contributed by atoms with Gasteiger partial charge in [-0.05, 0) is 49.2 Å². The number of hydrogen-bond donors (Lipinski definition) is 2. The minimum absolute atomic E-state index is 0.0595. The highest BCUT2D eigenvalue weighted by molar-refractivity contribution is 5.91. The van der Waals surface area contributed by atoms with Crippen LogP contribution >= 0.6 is 0 Å². The molecular formula is C15H16N2O2. The van der Waals surface area contributed by atoms with Gasteiger partial charge in [0.15, 0.2) is 0 Å². The van der Waals surface area contributed by atoms with Crippen molar-refractivity contribution in [3.8, 4) is 5.75 Å². The summed E-state index contributed by atoms with van der Waals surface area (Å²) < 4.78 is 0. The first-order valence-corrected chi connectivity index (χ1v) is 6.14. The molecule has 0 fully saturated rings. The van der Waals surface area contributed by atoms with Crippen molar-refractivity contribution >= 4 is 11.6 Å². The van der Waals surface area contributed by atoms with Gasteiger partial charge in [-0.2, -0.15) is 0 Å². The maximum atomic E-state index is 11.8. The molecule has 2 rings (SSSR count). The van der Waals surface area contributed by atoms with Gasteiger partial charge in [0.05, 0.1) is 0 Å². The number of phenols is 1. The molecule has 0 saturated heterocycles. The van der Waals surface area contributed by atoms with Gasteiger partial charge >= 0.3 is 0 Å². The average molecular weight is 256 g/mol. The van der Waals surface area contributed by atoms with E-state index < -0.39 is 0 Å². The molecule has 0 saturated carbocycles. The molecular weight excluding hydrogens is 240 g/mol.